The van der Waals surface area contributed by atoms with Crippen molar-refractivity contribution in [1.82, 2.24) is 41.1 Å². The number of pyridine rings is 1. The van der Waals surface area contributed by atoms with Gasteiger partial charge in [0.05, 0.1) is 23.6 Å². The number of imide groups is 1. The molecule has 0 bridgehead atoms. The minimum Gasteiger partial charge on any atom is -0.371 e. The van der Waals surface area contributed by atoms with E-state index >= 15 is 0 Å². The maximum Gasteiger partial charge on any atom is 0.328 e. The van der Waals surface area contributed by atoms with Gasteiger partial charge in [-0.25, -0.2) is 30.6 Å². The number of piperidine rings is 1. The highest BCUT2D eigenvalue weighted by atomic mass is 16.2. The summed E-state index contributed by atoms with van der Waals surface area (Å²) >= 11 is 0. The van der Waals surface area contributed by atoms with Gasteiger partial charge in [0.25, 0.3) is 0 Å². The summed E-state index contributed by atoms with van der Waals surface area (Å²) in [6, 6.07) is 23.3. The first kappa shape index (κ1) is 37.3. The monoisotopic (exact) mass is 759 g/mol. The molecule has 4 amide bonds. The minimum atomic E-state index is -1.25. The molecule has 4 aromatic rings. The molecule has 2 aromatic carbocycles. The number of rotatable bonds is 11. The molecule has 4 saturated heterocycles. The zero-order valence-corrected chi connectivity index (χ0v) is 31.6. The number of aromatic nitrogens is 3. The second kappa shape index (κ2) is 16.2. The van der Waals surface area contributed by atoms with Crippen molar-refractivity contribution < 1.29 is 14.4 Å². The first-order valence-corrected chi connectivity index (χ1v) is 19.4. The van der Waals surface area contributed by atoms with Crippen LogP contribution in [0.3, 0.4) is 0 Å². The topological polar surface area (TPSA) is 180 Å². The van der Waals surface area contributed by atoms with Crippen molar-refractivity contribution >= 4 is 46.7 Å². The fourth-order valence-corrected chi connectivity index (χ4v) is 8.02. The van der Waals surface area contributed by atoms with Crippen molar-refractivity contribution in [2.45, 2.75) is 37.8 Å². The summed E-state index contributed by atoms with van der Waals surface area (Å²) in [5.41, 5.74) is 15.5. The van der Waals surface area contributed by atoms with Gasteiger partial charge in [-0.1, -0.05) is 36.4 Å². The number of primary amides is 1. The Morgan fingerprint density at radius 2 is 1.70 bits per heavy atom. The number of amides is 4. The van der Waals surface area contributed by atoms with Crippen LogP contribution in [0, 0.1) is 5.92 Å². The number of benzene rings is 2. The number of nitrogens with one attached hydrogen (secondary N) is 4. The summed E-state index contributed by atoms with van der Waals surface area (Å²) < 4.78 is 0. The van der Waals surface area contributed by atoms with Crippen LogP contribution in [0.4, 0.5) is 33.6 Å². The molecule has 2 atom stereocenters. The molecule has 4 fully saturated rings. The Labute approximate surface area is 326 Å². The van der Waals surface area contributed by atoms with Gasteiger partial charge < -0.3 is 20.9 Å². The van der Waals surface area contributed by atoms with E-state index in [4.69, 9.17) is 15.7 Å². The third kappa shape index (κ3) is 8.00. The molecular formula is C40H49N13O3. The molecule has 4 aliphatic heterocycles. The first-order valence-electron chi connectivity index (χ1n) is 19.4. The lowest BCUT2D eigenvalue weighted by Gasteiger charge is -2.40. The predicted molar refractivity (Wildman–Crippen MR) is 214 cm³/mol. The molecule has 16 nitrogen and oxygen atoms in total. The van der Waals surface area contributed by atoms with Crippen LogP contribution < -0.4 is 41.9 Å². The van der Waals surface area contributed by atoms with E-state index in [0.29, 0.717) is 30.5 Å². The number of nitrogens with two attached hydrogens (primary N) is 1. The molecule has 56 heavy (non-hydrogen) atoms. The van der Waals surface area contributed by atoms with Crippen molar-refractivity contribution in [2.24, 2.45) is 11.7 Å². The van der Waals surface area contributed by atoms with Gasteiger partial charge in [-0.3, -0.25) is 24.7 Å². The molecule has 0 radical (unpaired) electrons. The van der Waals surface area contributed by atoms with E-state index in [9.17, 15) is 14.4 Å². The largest absolute Gasteiger partial charge is 0.371 e. The van der Waals surface area contributed by atoms with Crippen LogP contribution in [0.25, 0.3) is 0 Å². The normalized spacial score (nSPS) is 21.9. The molecule has 2 aromatic heterocycles. The van der Waals surface area contributed by atoms with Gasteiger partial charge in [-0.05, 0) is 67.6 Å². The minimum absolute atomic E-state index is 0.0708. The Bertz CT molecular complexity index is 2020. The summed E-state index contributed by atoms with van der Waals surface area (Å²) in [7, 11) is 0. The number of hydrogen-bond donors (Lipinski definition) is 5. The first-order chi connectivity index (χ1) is 27.2. The van der Waals surface area contributed by atoms with Crippen LogP contribution in [-0.4, -0.2) is 102 Å². The third-order valence-corrected chi connectivity index (χ3v) is 11.4. The Morgan fingerprint density at radius 3 is 2.43 bits per heavy atom. The number of piperazine rings is 1. The fourth-order valence-electron chi connectivity index (χ4n) is 8.02. The molecule has 0 aliphatic carbocycles. The summed E-state index contributed by atoms with van der Waals surface area (Å²) in [5, 5.41) is 7.46. The Balaban J connectivity index is 0.807. The number of hydrazine groups is 2. The second-order valence-corrected chi connectivity index (χ2v) is 15.0. The van der Waals surface area contributed by atoms with Crippen LogP contribution in [0.15, 0.2) is 85.2 Å². The van der Waals surface area contributed by atoms with Gasteiger partial charge in [-0.2, -0.15) is 5.12 Å². The summed E-state index contributed by atoms with van der Waals surface area (Å²) in [4.78, 5) is 59.7. The van der Waals surface area contributed by atoms with E-state index in [-0.39, 0.29) is 24.5 Å². The molecule has 0 spiro atoms. The highest BCUT2D eigenvalue weighted by Gasteiger charge is 2.47. The molecule has 6 N–H and O–H groups in total. The van der Waals surface area contributed by atoms with Crippen molar-refractivity contribution in [3.63, 3.8) is 0 Å². The van der Waals surface area contributed by atoms with Gasteiger partial charge >= 0.3 is 6.03 Å². The lowest BCUT2D eigenvalue weighted by atomic mass is 9.95. The molecule has 6 heterocycles. The second-order valence-electron chi connectivity index (χ2n) is 15.0. The van der Waals surface area contributed by atoms with E-state index in [0.717, 1.165) is 87.1 Å². The van der Waals surface area contributed by atoms with Gasteiger partial charge in [-0.15, -0.1) is 0 Å². The van der Waals surface area contributed by atoms with E-state index in [1.165, 1.54) is 0 Å². The smallest absolute Gasteiger partial charge is 0.328 e. The van der Waals surface area contributed by atoms with Crippen LogP contribution in [0.5, 0.6) is 0 Å². The third-order valence-electron chi connectivity index (χ3n) is 11.4. The maximum atomic E-state index is 12.9. The quantitative estimate of drug-likeness (QED) is 0.151. The molecule has 292 valence electrons. The summed E-state index contributed by atoms with van der Waals surface area (Å²) in [6.45, 7) is 9.50. The molecule has 8 rings (SSSR count). The van der Waals surface area contributed by atoms with Crippen LogP contribution in [0.1, 0.15) is 43.5 Å². The Kier molecular flexibility index (Phi) is 10.8. The van der Waals surface area contributed by atoms with Crippen molar-refractivity contribution in [3.05, 3.63) is 96.4 Å². The number of nitrogens with zero attached hydrogens (tertiary/aromatic N) is 8. The molecule has 16 heteroatoms. The molecule has 4 aliphatic rings. The van der Waals surface area contributed by atoms with Crippen LogP contribution in [-0.2, 0) is 15.1 Å². The average Bonchev–Trinajstić information content (AvgIpc) is 3.69. The number of carbonyl (C=O) groups is 3. The lowest BCUT2D eigenvalue weighted by Crippen LogP contribution is -2.54. The lowest BCUT2D eigenvalue weighted by molar-refractivity contribution is -0.125. The summed E-state index contributed by atoms with van der Waals surface area (Å²) in [5.74, 6) is 1.14. The van der Waals surface area contributed by atoms with Crippen molar-refractivity contribution in [3.8, 4) is 0 Å². The van der Waals surface area contributed by atoms with E-state index in [2.05, 4.69) is 53.3 Å². The van der Waals surface area contributed by atoms with E-state index in [1.807, 2.05) is 61.5 Å². The maximum absolute atomic E-state index is 12.9. The summed E-state index contributed by atoms with van der Waals surface area (Å²) in [6.07, 6.45) is 5.96. The SMILES string of the molecule is CC(c1ccccc1)N1NCC(C(N)=O)(c2ccnc(Nc3ccc(N4CCN(CC5CCN(c6cccc(N7CCC(=O)NC7=O)c6)CC5)CC4)nc3)n2)N1. The van der Waals surface area contributed by atoms with Crippen molar-refractivity contribution in [2.75, 3.05) is 78.9 Å². The van der Waals surface area contributed by atoms with Crippen LogP contribution >= 0.6 is 0 Å². The molecule has 0 saturated carbocycles. The highest BCUT2D eigenvalue weighted by molar-refractivity contribution is 6.05. The van der Waals surface area contributed by atoms with Gasteiger partial charge in [0.2, 0.25) is 17.8 Å². The number of carbonyl (C=O) groups excluding carboxylic acids is 3. The Hall–Kier alpha value is -5.68. The molecular weight excluding hydrogens is 711 g/mol. The van der Waals surface area contributed by atoms with Gasteiger partial charge in [0, 0.05) is 82.9 Å². The van der Waals surface area contributed by atoms with Crippen LogP contribution in [0.2, 0.25) is 0 Å². The predicted octanol–water partition coefficient (Wildman–Crippen LogP) is 2.87. The Morgan fingerprint density at radius 1 is 0.911 bits per heavy atom. The van der Waals surface area contributed by atoms with Crippen molar-refractivity contribution in [1.29, 1.82) is 0 Å². The average molecular weight is 760 g/mol. The zero-order valence-electron chi connectivity index (χ0n) is 31.6. The highest BCUT2D eigenvalue weighted by Crippen LogP contribution is 2.30. The standard InChI is InChI=1S/C40H49N13O3/c1-28(30-6-3-2-4-7-30)53-44-27-40(48-53,37(41)55)34-12-16-42-38(46-34)45-31-10-11-35(43-25-31)51-22-20-49(21-23-51)26-29-13-17-50(18-14-29)32-8-5-9-33(24-32)52-19-15-36(54)47-39(52)56/h2-12,16,24-25,28-29,44,48H,13-15,17-23,26-27H2,1H3,(H2,41,55)(H,42,45,46)(H,47,54,56). The van der Waals surface area contributed by atoms with E-state index < -0.39 is 11.4 Å². The number of hydrogen-bond acceptors (Lipinski definition) is 13. The van der Waals surface area contributed by atoms with Gasteiger partial charge in [0.15, 0.2) is 5.54 Å². The number of anilines is 5. The fraction of sp³-hybridized carbons (Fsp3) is 0.400. The van der Waals surface area contributed by atoms with E-state index in [1.54, 1.807) is 28.5 Å². The van der Waals surface area contributed by atoms with Gasteiger partial charge in [0.1, 0.15) is 5.82 Å². The zero-order chi connectivity index (χ0) is 38.6. The number of urea groups is 1. The molecule has 2 unspecified atom stereocenters.